The normalized spacial score (nSPS) is 21.0. The molecule has 15 heavy (non-hydrogen) atoms. The molecule has 1 aliphatic rings. The summed E-state index contributed by atoms with van der Waals surface area (Å²) in [6.07, 6.45) is 0.356. The summed E-state index contributed by atoms with van der Waals surface area (Å²) in [6, 6.07) is 6.04. The molecule has 2 rings (SSSR count). The van der Waals surface area contributed by atoms with Gasteiger partial charge in [-0.25, -0.2) is 0 Å². The average Bonchev–Trinajstić information content (AvgIpc) is 2.69. The fraction of sp³-hybridized carbons (Fsp3) is 0.200. The average molecular weight is 282 g/mol. The van der Waals surface area contributed by atoms with E-state index in [1.54, 1.807) is 11.3 Å². The van der Waals surface area contributed by atoms with Crippen molar-refractivity contribution >= 4 is 33.3 Å². The molecule has 1 unspecified atom stereocenters. The van der Waals surface area contributed by atoms with Crippen LogP contribution in [0.5, 0.6) is 0 Å². The van der Waals surface area contributed by atoms with Crippen LogP contribution in [-0.4, -0.2) is 21.9 Å². The number of nitrogens with one attached hydrogen (secondary N) is 1. The molecule has 1 N–H and O–H groups in total. The van der Waals surface area contributed by atoms with Crippen LogP contribution in [0.1, 0.15) is 17.2 Å². The van der Waals surface area contributed by atoms with Gasteiger partial charge in [-0.1, -0.05) is 0 Å². The Morgan fingerprint density at radius 1 is 1.67 bits per heavy atom. The van der Waals surface area contributed by atoms with Gasteiger partial charge in [0.2, 0.25) is 0 Å². The summed E-state index contributed by atoms with van der Waals surface area (Å²) in [4.78, 5) is 12.4. The molecule has 75 valence electrons. The van der Waals surface area contributed by atoms with Gasteiger partial charge >= 0.3 is 99.6 Å². The molecule has 5 heteroatoms. The third-order valence-electron chi connectivity index (χ3n) is 2.24. The summed E-state index contributed by atoms with van der Waals surface area (Å²) in [5.41, 5.74) is 0.622. The molecule has 3 nitrogen and oxygen atoms in total. The third kappa shape index (κ3) is 1.98. The van der Waals surface area contributed by atoms with Crippen molar-refractivity contribution in [3.8, 4) is 6.07 Å². The number of amides is 1. The first-order chi connectivity index (χ1) is 7.22. The van der Waals surface area contributed by atoms with Crippen molar-refractivity contribution in [3.63, 3.8) is 0 Å². The Bertz CT molecular complexity index is 458. The molecule has 0 aliphatic carbocycles. The predicted molar refractivity (Wildman–Crippen MR) is 58.2 cm³/mol. The molecule has 0 bridgehead atoms. The number of carbonyl (C=O) groups excluding carboxylic acids is 1. The van der Waals surface area contributed by atoms with Crippen LogP contribution in [0.2, 0.25) is 0 Å². The topological polar surface area (TPSA) is 52.9 Å². The second-order valence-electron chi connectivity index (χ2n) is 3.17. The number of carbonyl (C=O) groups is 1. The van der Waals surface area contributed by atoms with Gasteiger partial charge in [0, 0.05) is 0 Å². The van der Waals surface area contributed by atoms with Gasteiger partial charge in [-0.15, -0.1) is 0 Å². The molecule has 2 heterocycles. The van der Waals surface area contributed by atoms with Gasteiger partial charge in [0.15, 0.2) is 0 Å². The number of nitriles is 1. The first-order valence-electron chi connectivity index (χ1n) is 4.37. The van der Waals surface area contributed by atoms with E-state index in [1.165, 1.54) is 0 Å². The Kier molecular flexibility index (Phi) is 2.92. The molecule has 1 atom stereocenters. The van der Waals surface area contributed by atoms with Gasteiger partial charge in [-0.05, 0) is 0 Å². The van der Waals surface area contributed by atoms with Crippen LogP contribution in [-0.2, 0) is 4.79 Å². The van der Waals surface area contributed by atoms with E-state index in [-0.39, 0.29) is 11.8 Å². The quantitative estimate of drug-likeness (QED) is 0.788. The van der Waals surface area contributed by atoms with Crippen molar-refractivity contribution in [3.05, 3.63) is 32.6 Å². The van der Waals surface area contributed by atoms with E-state index in [0.29, 0.717) is 16.6 Å². The van der Waals surface area contributed by atoms with Crippen molar-refractivity contribution in [2.45, 2.75) is 12.3 Å². The zero-order valence-corrected chi connectivity index (χ0v) is 10.2. The summed E-state index contributed by atoms with van der Waals surface area (Å²) in [5, 5.41) is 13.6. The van der Waals surface area contributed by atoms with Crippen molar-refractivity contribution in [1.29, 1.82) is 5.26 Å². The molecule has 1 aromatic heterocycles. The van der Waals surface area contributed by atoms with Crippen molar-refractivity contribution in [2.75, 3.05) is 0 Å². The Morgan fingerprint density at radius 3 is 3.07 bits per heavy atom. The van der Waals surface area contributed by atoms with E-state index in [2.05, 4.69) is 27.4 Å². The number of hydrogen-bond acceptors (Lipinski definition) is 3. The molecule has 0 saturated heterocycles. The first kappa shape index (κ1) is 10.4. The van der Waals surface area contributed by atoms with E-state index < -0.39 is 0 Å². The minimum atomic E-state index is -0.0833. The Hall–Kier alpha value is -1.08. The number of hydrogen-bond donors (Lipinski definition) is 1. The SMILES string of the molecule is N#CC1=C([Se])NC(=O)CC1c1cccs1. The predicted octanol–water partition coefficient (Wildman–Crippen LogP) is 1.26. The van der Waals surface area contributed by atoms with Gasteiger partial charge < -0.3 is 0 Å². The second-order valence-corrected chi connectivity index (χ2v) is 5.01. The number of allylic oxidation sites excluding steroid dienone is 1. The zero-order chi connectivity index (χ0) is 10.8. The summed E-state index contributed by atoms with van der Waals surface area (Å²) in [7, 11) is 0. The monoisotopic (exact) mass is 283 g/mol. The molecule has 1 radical (unpaired) electrons. The number of nitrogens with zero attached hydrogens (tertiary/aromatic N) is 1. The van der Waals surface area contributed by atoms with E-state index in [1.807, 2.05) is 17.5 Å². The summed E-state index contributed by atoms with van der Waals surface area (Å²) < 4.78 is 0.562. The van der Waals surface area contributed by atoms with Gasteiger partial charge in [-0.2, -0.15) is 0 Å². The number of thiophene rings is 1. The first-order valence-corrected chi connectivity index (χ1v) is 6.10. The van der Waals surface area contributed by atoms with Crippen molar-refractivity contribution in [2.24, 2.45) is 0 Å². The molecule has 1 aromatic rings. The summed E-state index contributed by atoms with van der Waals surface area (Å²) >= 11 is 4.31. The third-order valence-corrected chi connectivity index (χ3v) is 3.90. The molecule has 1 amide bonds. The van der Waals surface area contributed by atoms with Crippen LogP contribution in [0.15, 0.2) is 27.7 Å². The Morgan fingerprint density at radius 2 is 2.47 bits per heavy atom. The van der Waals surface area contributed by atoms with Gasteiger partial charge in [-0.3, -0.25) is 0 Å². The van der Waals surface area contributed by atoms with Crippen molar-refractivity contribution < 1.29 is 4.79 Å². The zero-order valence-electron chi connectivity index (χ0n) is 7.69. The maximum atomic E-state index is 11.4. The fourth-order valence-corrected chi connectivity index (χ4v) is 3.02. The van der Waals surface area contributed by atoms with Gasteiger partial charge in [0.25, 0.3) is 0 Å². The van der Waals surface area contributed by atoms with Gasteiger partial charge in [0.1, 0.15) is 0 Å². The van der Waals surface area contributed by atoms with Crippen LogP contribution in [0.4, 0.5) is 0 Å². The molecule has 0 spiro atoms. The molecule has 0 fully saturated rings. The summed E-state index contributed by atoms with van der Waals surface area (Å²) in [6.45, 7) is 0. The standard InChI is InChI=1S/C10H7N2OSSe/c11-5-7-6(8-2-1-3-14-8)4-9(13)12-10(7)15/h1-3,6H,4H2,(H,12,13). The molecule has 0 aromatic carbocycles. The van der Waals surface area contributed by atoms with Crippen molar-refractivity contribution in [1.82, 2.24) is 5.32 Å². The van der Waals surface area contributed by atoms with E-state index in [9.17, 15) is 4.79 Å². The molecular weight excluding hydrogens is 275 g/mol. The van der Waals surface area contributed by atoms with Crippen LogP contribution >= 0.6 is 11.3 Å². The number of rotatable bonds is 1. The minimum absolute atomic E-state index is 0.0406. The second kappa shape index (κ2) is 4.19. The maximum absolute atomic E-state index is 11.4. The van der Waals surface area contributed by atoms with E-state index in [4.69, 9.17) is 5.26 Å². The summed E-state index contributed by atoms with van der Waals surface area (Å²) in [5.74, 6) is -0.124. The van der Waals surface area contributed by atoms with Crippen LogP contribution < -0.4 is 5.32 Å². The molecule has 0 saturated carbocycles. The van der Waals surface area contributed by atoms with Crippen LogP contribution in [0, 0.1) is 11.3 Å². The van der Waals surface area contributed by atoms with E-state index >= 15 is 0 Å². The fourth-order valence-electron chi connectivity index (χ4n) is 1.55. The van der Waals surface area contributed by atoms with Crippen LogP contribution in [0.3, 0.4) is 0 Å². The Balaban J connectivity index is 2.43. The molecular formula is C10H7N2OSSe. The van der Waals surface area contributed by atoms with Crippen LogP contribution in [0.25, 0.3) is 0 Å². The van der Waals surface area contributed by atoms with E-state index in [0.717, 1.165) is 4.88 Å². The van der Waals surface area contributed by atoms with Gasteiger partial charge in [0.05, 0.1) is 0 Å². The molecule has 1 aliphatic heterocycles. The Labute approximate surface area is 99.6 Å².